The fraction of sp³-hybridized carbons (Fsp3) is 0.400. The van der Waals surface area contributed by atoms with E-state index in [-0.39, 0.29) is 10.8 Å². The minimum atomic E-state index is -3.35. The molecule has 0 spiro atoms. The number of aromatic nitrogens is 1. The summed E-state index contributed by atoms with van der Waals surface area (Å²) < 4.78 is 23.8. The smallest absolute Gasteiger partial charge is 0.254 e. The van der Waals surface area contributed by atoms with Gasteiger partial charge in [-0.1, -0.05) is 13.0 Å². The van der Waals surface area contributed by atoms with Crippen LogP contribution in [0.3, 0.4) is 0 Å². The Kier molecular flexibility index (Phi) is 5.41. The maximum Gasteiger partial charge on any atom is 0.254 e. The molecule has 0 radical (unpaired) electrons. The molecule has 1 aromatic heterocycles. The first-order chi connectivity index (χ1) is 12.4. The van der Waals surface area contributed by atoms with Gasteiger partial charge in [-0.25, -0.2) is 8.42 Å². The summed E-state index contributed by atoms with van der Waals surface area (Å²) >= 11 is 0. The van der Waals surface area contributed by atoms with Crippen molar-refractivity contribution in [3.05, 3.63) is 59.4 Å². The van der Waals surface area contributed by atoms with Crippen LogP contribution in [0, 0.1) is 0 Å². The Morgan fingerprint density at radius 2 is 1.96 bits per heavy atom. The highest BCUT2D eigenvalue weighted by Gasteiger charge is 2.27. The van der Waals surface area contributed by atoms with E-state index in [0.717, 1.165) is 18.4 Å². The van der Waals surface area contributed by atoms with Crippen molar-refractivity contribution >= 4 is 15.7 Å². The first-order valence-corrected chi connectivity index (χ1v) is 10.8. The van der Waals surface area contributed by atoms with Crippen LogP contribution in [0.15, 0.2) is 47.6 Å². The lowest BCUT2D eigenvalue weighted by Crippen LogP contribution is -2.39. The molecule has 2 aromatic rings. The largest absolute Gasteiger partial charge is 0.338 e. The van der Waals surface area contributed by atoms with Crippen molar-refractivity contribution in [2.75, 3.05) is 19.3 Å². The Labute approximate surface area is 155 Å². The number of pyridine rings is 1. The Balaban J connectivity index is 1.89. The Morgan fingerprint density at radius 3 is 2.62 bits per heavy atom. The molecule has 1 aliphatic rings. The molecule has 2 heterocycles. The molecule has 0 saturated carbocycles. The summed E-state index contributed by atoms with van der Waals surface area (Å²) in [6, 6.07) is 8.88. The van der Waals surface area contributed by atoms with E-state index in [1.807, 2.05) is 24.0 Å². The Morgan fingerprint density at radius 1 is 1.23 bits per heavy atom. The lowest BCUT2D eigenvalue weighted by atomic mass is 9.90. The standard InChI is InChI=1S/C20H24N2O3S/c1-3-15-6-7-18(26(2,24)25)13-19(15)20(23)22-12-4-5-17(14-22)16-8-10-21-11-9-16/h6-11,13,17H,3-5,12,14H2,1-2H3. The summed E-state index contributed by atoms with van der Waals surface area (Å²) in [6.45, 7) is 3.32. The molecule has 1 aliphatic heterocycles. The quantitative estimate of drug-likeness (QED) is 0.827. The van der Waals surface area contributed by atoms with Crippen molar-refractivity contribution in [3.8, 4) is 0 Å². The molecule has 1 unspecified atom stereocenters. The third-order valence-corrected chi connectivity index (χ3v) is 6.12. The second-order valence-corrected chi connectivity index (χ2v) is 8.83. The fourth-order valence-corrected chi connectivity index (χ4v) is 4.18. The van der Waals surface area contributed by atoms with Gasteiger partial charge in [0.2, 0.25) is 0 Å². The van der Waals surface area contributed by atoms with Crippen LogP contribution in [-0.4, -0.2) is 43.6 Å². The summed E-state index contributed by atoms with van der Waals surface area (Å²) in [4.78, 5) is 19.3. The van der Waals surface area contributed by atoms with E-state index in [2.05, 4.69) is 4.98 Å². The molecule has 1 fully saturated rings. The van der Waals surface area contributed by atoms with Gasteiger partial charge in [0.05, 0.1) is 4.90 Å². The van der Waals surface area contributed by atoms with Gasteiger partial charge in [-0.3, -0.25) is 9.78 Å². The second kappa shape index (κ2) is 7.58. The SMILES string of the molecule is CCc1ccc(S(C)(=O)=O)cc1C(=O)N1CCCC(c2ccncc2)C1. The topological polar surface area (TPSA) is 67.3 Å². The zero-order valence-corrected chi connectivity index (χ0v) is 16.0. The van der Waals surface area contributed by atoms with E-state index < -0.39 is 9.84 Å². The first kappa shape index (κ1) is 18.6. The summed E-state index contributed by atoms with van der Waals surface area (Å²) in [5.41, 5.74) is 2.58. The average molecular weight is 372 g/mol. The number of amides is 1. The Hall–Kier alpha value is -2.21. The number of likely N-dealkylation sites (tertiary alicyclic amines) is 1. The minimum absolute atomic E-state index is 0.0777. The van der Waals surface area contributed by atoms with Crippen LogP contribution in [-0.2, 0) is 16.3 Å². The van der Waals surface area contributed by atoms with Gasteiger partial charge in [0, 0.05) is 43.2 Å². The van der Waals surface area contributed by atoms with Gasteiger partial charge in [0.1, 0.15) is 0 Å². The van der Waals surface area contributed by atoms with Crippen LogP contribution >= 0.6 is 0 Å². The maximum absolute atomic E-state index is 13.2. The van der Waals surface area contributed by atoms with Gasteiger partial charge >= 0.3 is 0 Å². The van der Waals surface area contributed by atoms with E-state index in [4.69, 9.17) is 0 Å². The van der Waals surface area contributed by atoms with Gasteiger partial charge in [-0.15, -0.1) is 0 Å². The summed E-state index contributed by atoms with van der Waals surface area (Å²) in [5.74, 6) is 0.213. The van der Waals surface area contributed by atoms with Crippen molar-refractivity contribution in [2.24, 2.45) is 0 Å². The predicted octanol–water partition coefficient (Wildman–Crippen LogP) is 3.07. The van der Waals surface area contributed by atoms with Crippen molar-refractivity contribution < 1.29 is 13.2 Å². The number of hydrogen-bond acceptors (Lipinski definition) is 4. The third-order valence-electron chi connectivity index (χ3n) is 5.01. The monoisotopic (exact) mass is 372 g/mol. The fourth-order valence-electron chi connectivity index (χ4n) is 3.53. The van der Waals surface area contributed by atoms with E-state index in [0.29, 0.717) is 31.0 Å². The van der Waals surface area contributed by atoms with Crippen molar-refractivity contribution in [1.82, 2.24) is 9.88 Å². The molecular formula is C20H24N2O3S. The molecule has 0 N–H and O–H groups in total. The highest BCUT2D eigenvalue weighted by Crippen LogP contribution is 2.28. The number of rotatable bonds is 4. The third kappa shape index (κ3) is 3.96. The van der Waals surface area contributed by atoms with Crippen LogP contribution in [0.1, 0.15) is 47.2 Å². The minimum Gasteiger partial charge on any atom is -0.338 e. The predicted molar refractivity (Wildman–Crippen MR) is 101 cm³/mol. The highest BCUT2D eigenvalue weighted by atomic mass is 32.2. The molecule has 1 amide bonds. The molecule has 1 saturated heterocycles. The second-order valence-electron chi connectivity index (χ2n) is 6.82. The van der Waals surface area contributed by atoms with Crippen molar-refractivity contribution in [1.29, 1.82) is 0 Å². The van der Waals surface area contributed by atoms with Crippen LogP contribution in [0.5, 0.6) is 0 Å². The van der Waals surface area contributed by atoms with Crippen LogP contribution in [0.4, 0.5) is 0 Å². The van der Waals surface area contributed by atoms with Crippen LogP contribution in [0.2, 0.25) is 0 Å². The van der Waals surface area contributed by atoms with E-state index in [9.17, 15) is 13.2 Å². The molecule has 5 nitrogen and oxygen atoms in total. The normalized spacial score (nSPS) is 17.9. The zero-order valence-electron chi connectivity index (χ0n) is 15.2. The number of hydrogen-bond donors (Lipinski definition) is 0. The van der Waals surface area contributed by atoms with Crippen LogP contribution < -0.4 is 0 Å². The summed E-state index contributed by atoms with van der Waals surface area (Å²) in [6.07, 6.45) is 7.39. The van der Waals surface area contributed by atoms with Gasteiger partial charge < -0.3 is 4.90 Å². The maximum atomic E-state index is 13.2. The van der Waals surface area contributed by atoms with Gasteiger partial charge in [-0.2, -0.15) is 0 Å². The van der Waals surface area contributed by atoms with Crippen LogP contribution in [0.25, 0.3) is 0 Å². The summed E-state index contributed by atoms with van der Waals surface area (Å²) in [5, 5.41) is 0. The molecule has 0 aliphatic carbocycles. The molecule has 0 bridgehead atoms. The van der Waals surface area contributed by atoms with E-state index in [1.165, 1.54) is 17.9 Å². The number of benzene rings is 1. The van der Waals surface area contributed by atoms with E-state index in [1.54, 1.807) is 24.5 Å². The van der Waals surface area contributed by atoms with E-state index >= 15 is 0 Å². The number of piperidine rings is 1. The number of carbonyl (C=O) groups excluding carboxylic acids is 1. The van der Waals surface area contributed by atoms with Crippen molar-refractivity contribution in [3.63, 3.8) is 0 Å². The molecular weight excluding hydrogens is 348 g/mol. The zero-order chi connectivity index (χ0) is 18.7. The molecule has 3 rings (SSSR count). The number of sulfone groups is 1. The first-order valence-electron chi connectivity index (χ1n) is 8.92. The average Bonchev–Trinajstić information content (AvgIpc) is 2.67. The molecule has 6 heteroatoms. The summed E-state index contributed by atoms with van der Waals surface area (Å²) in [7, 11) is -3.35. The van der Waals surface area contributed by atoms with Gasteiger partial charge in [0.15, 0.2) is 9.84 Å². The molecule has 1 aromatic carbocycles. The lowest BCUT2D eigenvalue weighted by molar-refractivity contribution is 0.0705. The highest BCUT2D eigenvalue weighted by molar-refractivity contribution is 7.90. The number of nitrogens with zero attached hydrogens (tertiary/aromatic N) is 2. The van der Waals surface area contributed by atoms with Gasteiger partial charge in [0.25, 0.3) is 5.91 Å². The number of carbonyl (C=O) groups is 1. The molecule has 1 atom stereocenters. The van der Waals surface area contributed by atoms with Crippen molar-refractivity contribution in [2.45, 2.75) is 37.0 Å². The van der Waals surface area contributed by atoms with Gasteiger partial charge in [-0.05, 0) is 54.7 Å². The number of aryl methyl sites for hydroxylation is 1. The molecule has 138 valence electrons. The lowest BCUT2D eigenvalue weighted by Gasteiger charge is -2.33. The molecule has 26 heavy (non-hydrogen) atoms. The Bertz CT molecular complexity index is 895.